The molecule has 0 radical (unpaired) electrons. The number of nitrogen functional groups attached to an aromatic ring is 1. The Bertz CT molecular complexity index is 685. The van der Waals surface area contributed by atoms with Crippen LogP contribution < -0.4 is 10.5 Å². The molecule has 23 heavy (non-hydrogen) atoms. The second kappa shape index (κ2) is 6.93. The Kier molecular flexibility index (Phi) is 5.18. The van der Waals surface area contributed by atoms with Crippen molar-refractivity contribution in [1.82, 2.24) is 0 Å². The number of hydrogen-bond acceptors (Lipinski definition) is 5. The zero-order valence-corrected chi connectivity index (χ0v) is 13.7. The standard InChI is InChI=1S/C17H19NO4S/c1-17(21,16(19)20)15(11-7-9-12(22-2)10-8-11)23-14-6-4-3-5-13(14)18/h3-10,15,21H,18H2,1-2H3,(H,19,20)/t15-,17+/m0/s1. The summed E-state index contributed by atoms with van der Waals surface area (Å²) >= 11 is 1.22. The van der Waals surface area contributed by atoms with E-state index in [4.69, 9.17) is 10.5 Å². The number of carbonyl (C=O) groups is 1. The number of carboxylic acid groups (broad SMARTS) is 1. The molecule has 0 aliphatic carbocycles. The largest absolute Gasteiger partial charge is 0.497 e. The molecule has 2 rings (SSSR count). The summed E-state index contributed by atoms with van der Waals surface area (Å²) in [7, 11) is 1.55. The molecule has 0 spiro atoms. The van der Waals surface area contributed by atoms with Crippen LogP contribution in [0, 0.1) is 0 Å². The quantitative estimate of drug-likeness (QED) is 0.556. The number of hydrogen-bond donors (Lipinski definition) is 3. The van der Waals surface area contributed by atoms with Gasteiger partial charge in [-0.1, -0.05) is 24.3 Å². The first-order chi connectivity index (χ1) is 10.9. The molecule has 0 aliphatic rings. The lowest BCUT2D eigenvalue weighted by atomic mass is 9.96. The minimum atomic E-state index is -1.96. The molecule has 2 aromatic rings. The zero-order valence-electron chi connectivity index (χ0n) is 12.9. The van der Waals surface area contributed by atoms with Gasteiger partial charge >= 0.3 is 5.97 Å². The number of carboxylic acids is 1. The smallest absolute Gasteiger partial charge is 0.336 e. The predicted molar refractivity (Wildman–Crippen MR) is 90.7 cm³/mol. The monoisotopic (exact) mass is 333 g/mol. The van der Waals surface area contributed by atoms with E-state index < -0.39 is 16.8 Å². The minimum Gasteiger partial charge on any atom is -0.497 e. The van der Waals surface area contributed by atoms with E-state index in [0.29, 0.717) is 17.0 Å². The maximum absolute atomic E-state index is 11.5. The van der Waals surface area contributed by atoms with Crippen molar-refractivity contribution in [2.45, 2.75) is 22.7 Å². The van der Waals surface area contributed by atoms with Crippen LogP contribution in [0.2, 0.25) is 0 Å². The molecule has 0 saturated heterocycles. The van der Waals surface area contributed by atoms with E-state index in [1.54, 1.807) is 49.6 Å². The van der Waals surface area contributed by atoms with E-state index >= 15 is 0 Å². The Morgan fingerprint density at radius 3 is 2.35 bits per heavy atom. The van der Waals surface area contributed by atoms with Gasteiger partial charge in [0.2, 0.25) is 0 Å². The second-order valence-corrected chi connectivity index (χ2v) is 6.41. The highest BCUT2D eigenvalue weighted by Gasteiger charge is 2.41. The van der Waals surface area contributed by atoms with Crippen molar-refractivity contribution in [3.05, 3.63) is 54.1 Å². The summed E-state index contributed by atoms with van der Waals surface area (Å²) in [6, 6.07) is 14.1. The number of para-hydroxylation sites is 1. The Hall–Kier alpha value is -2.18. The molecular weight excluding hydrogens is 314 g/mol. The molecule has 0 aromatic heterocycles. The molecule has 4 N–H and O–H groups in total. The topological polar surface area (TPSA) is 92.8 Å². The molecule has 122 valence electrons. The van der Waals surface area contributed by atoms with Gasteiger partial charge in [-0.15, -0.1) is 11.8 Å². The van der Waals surface area contributed by atoms with Gasteiger partial charge in [0.1, 0.15) is 5.75 Å². The lowest BCUT2D eigenvalue weighted by molar-refractivity contribution is -0.156. The van der Waals surface area contributed by atoms with E-state index in [2.05, 4.69) is 0 Å². The van der Waals surface area contributed by atoms with E-state index in [9.17, 15) is 15.0 Å². The van der Waals surface area contributed by atoms with Crippen molar-refractivity contribution < 1.29 is 19.7 Å². The van der Waals surface area contributed by atoms with Crippen molar-refractivity contribution in [2.24, 2.45) is 0 Å². The molecule has 2 atom stereocenters. The van der Waals surface area contributed by atoms with Crippen molar-refractivity contribution in [3.63, 3.8) is 0 Å². The SMILES string of the molecule is COc1ccc([C@H](Sc2ccccc2N)[C@@](C)(O)C(=O)O)cc1. The summed E-state index contributed by atoms with van der Waals surface area (Å²) in [5.74, 6) is -0.632. The third kappa shape index (κ3) is 3.78. The number of rotatable bonds is 6. The lowest BCUT2D eigenvalue weighted by Gasteiger charge is -2.29. The fourth-order valence-corrected chi connectivity index (χ4v) is 3.35. The minimum absolute atomic E-state index is 0.539. The molecule has 0 saturated carbocycles. The molecule has 0 amide bonds. The van der Waals surface area contributed by atoms with Crippen LogP contribution in [0.15, 0.2) is 53.4 Å². The number of anilines is 1. The third-order valence-corrected chi connectivity index (χ3v) is 5.12. The molecular formula is C17H19NO4S. The first-order valence-electron chi connectivity index (χ1n) is 6.97. The van der Waals surface area contributed by atoms with Crippen molar-refractivity contribution in [1.29, 1.82) is 0 Å². The second-order valence-electron chi connectivity index (χ2n) is 5.26. The van der Waals surface area contributed by atoms with Gasteiger partial charge in [0.05, 0.1) is 12.4 Å². The highest BCUT2D eigenvalue weighted by Crippen LogP contribution is 2.45. The van der Waals surface area contributed by atoms with Crippen LogP contribution >= 0.6 is 11.8 Å². The maximum atomic E-state index is 11.5. The van der Waals surface area contributed by atoms with Crippen molar-refractivity contribution >= 4 is 23.4 Å². The van der Waals surface area contributed by atoms with E-state index in [1.807, 2.05) is 6.07 Å². The molecule has 0 fully saturated rings. The maximum Gasteiger partial charge on any atom is 0.336 e. The van der Waals surface area contributed by atoms with Gasteiger partial charge in [-0.05, 0) is 36.8 Å². The Balaban J connectivity index is 2.43. The van der Waals surface area contributed by atoms with E-state index in [0.717, 1.165) is 4.90 Å². The van der Waals surface area contributed by atoms with Gasteiger partial charge in [0, 0.05) is 10.6 Å². The average Bonchev–Trinajstić information content (AvgIpc) is 2.54. The van der Waals surface area contributed by atoms with Gasteiger partial charge in [0.15, 0.2) is 5.60 Å². The molecule has 0 aliphatic heterocycles. The highest BCUT2D eigenvalue weighted by molar-refractivity contribution is 7.99. The average molecular weight is 333 g/mol. The summed E-state index contributed by atoms with van der Waals surface area (Å²) in [5, 5.41) is 19.2. The third-order valence-electron chi connectivity index (χ3n) is 3.53. The zero-order chi connectivity index (χ0) is 17.0. The van der Waals surface area contributed by atoms with Crippen LogP contribution in [0.1, 0.15) is 17.7 Å². The molecule has 0 unspecified atom stereocenters. The van der Waals surface area contributed by atoms with Gasteiger partial charge in [-0.3, -0.25) is 0 Å². The molecule has 5 nitrogen and oxygen atoms in total. The van der Waals surface area contributed by atoms with E-state index in [1.165, 1.54) is 18.7 Å². The van der Waals surface area contributed by atoms with E-state index in [-0.39, 0.29) is 0 Å². The Labute approximate surface area is 139 Å². The number of methoxy groups -OCH3 is 1. The normalized spacial score (nSPS) is 14.7. The molecule has 0 bridgehead atoms. The number of thioether (sulfide) groups is 1. The van der Waals surface area contributed by atoms with Crippen LogP contribution in [0.25, 0.3) is 0 Å². The first-order valence-corrected chi connectivity index (χ1v) is 7.85. The van der Waals surface area contributed by atoms with Crippen LogP contribution in [0.3, 0.4) is 0 Å². The molecule has 2 aromatic carbocycles. The number of aliphatic carboxylic acids is 1. The van der Waals surface area contributed by atoms with Crippen LogP contribution in [-0.4, -0.2) is 28.9 Å². The van der Waals surface area contributed by atoms with Gasteiger partial charge < -0.3 is 20.7 Å². The van der Waals surface area contributed by atoms with Gasteiger partial charge in [-0.2, -0.15) is 0 Å². The number of aliphatic hydroxyl groups is 1. The van der Waals surface area contributed by atoms with Crippen LogP contribution in [0.4, 0.5) is 5.69 Å². The van der Waals surface area contributed by atoms with Gasteiger partial charge in [0.25, 0.3) is 0 Å². The fourth-order valence-electron chi connectivity index (χ4n) is 2.11. The number of benzene rings is 2. The number of nitrogens with two attached hydrogens (primary N) is 1. The van der Waals surface area contributed by atoms with Crippen LogP contribution in [-0.2, 0) is 4.79 Å². The summed E-state index contributed by atoms with van der Waals surface area (Å²) in [5.41, 5.74) is 5.20. The van der Waals surface area contributed by atoms with Gasteiger partial charge in [-0.25, -0.2) is 4.79 Å². The molecule has 6 heteroatoms. The lowest BCUT2D eigenvalue weighted by Crippen LogP contribution is -2.40. The summed E-state index contributed by atoms with van der Waals surface area (Å²) in [4.78, 5) is 12.2. The Morgan fingerprint density at radius 2 is 1.83 bits per heavy atom. The Morgan fingerprint density at radius 1 is 1.22 bits per heavy atom. The predicted octanol–water partition coefficient (Wildman–Crippen LogP) is 2.95. The molecule has 0 heterocycles. The number of ether oxygens (including phenoxy) is 1. The first kappa shape index (κ1) is 17.2. The van der Waals surface area contributed by atoms with Crippen LogP contribution in [0.5, 0.6) is 5.75 Å². The highest BCUT2D eigenvalue weighted by atomic mass is 32.2. The summed E-state index contributed by atoms with van der Waals surface area (Å²) < 4.78 is 5.11. The van der Waals surface area contributed by atoms with Crippen molar-refractivity contribution in [2.75, 3.05) is 12.8 Å². The summed E-state index contributed by atoms with van der Waals surface area (Å²) in [6.07, 6.45) is 0. The van der Waals surface area contributed by atoms with Crippen molar-refractivity contribution in [3.8, 4) is 5.75 Å². The fraction of sp³-hybridized carbons (Fsp3) is 0.235. The summed E-state index contributed by atoms with van der Waals surface area (Å²) in [6.45, 7) is 1.29.